The van der Waals surface area contributed by atoms with E-state index in [9.17, 15) is 0 Å². The average molecular weight is 234 g/mol. The third-order valence-electron chi connectivity index (χ3n) is 3.26. The molecule has 0 bridgehead atoms. The summed E-state index contributed by atoms with van der Waals surface area (Å²) in [5.74, 6) is 0.989. The van der Waals surface area contributed by atoms with Crippen LogP contribution in [0.25, 0.3) is 0 Å². The van der Waals surface area contributed by atoms with Crippen LogP contribution in [-0.4, -0.2) is 32.3 Å². The van der Waals surface area contributed by atoms with Crippen molar-refractivity contribution < 1.29 is 4.74 Å². The van der Waals surface area contributed by atoms with Gasteiger partial charge in [-0.3, -0.25) is 0 Å². The number of nitrogens with one attached hydrogen (secondary N) is 1. The predicted octanol–water partition coefficient (Wildman–Crippen LogP) is 2.27. The Bertz CT molecular complexity index is 344. The van der Waals surface area contributed by atoms with E-state index in [0.717, 1.165) is 38.3 Å². The van der Waals surface area contributed by atoms with Gasteiger partial charge in [0.1, 0.15) is 11.9 Å². The molecule has 1 unspecified atom stereocenters. The maximum atomic E-state index is 5.97. The van der Waals surface area contributed by atoms with Gasteiger partial charge in [-0.15, -0.1) is 0 Å². The van der Waals surface area contributed by atoms with Gasteiger partial charge in [-0.05, 0) is 38.9 Å². The van der Waals surface area contributed by atoms with E-state index in [1.165, 1.54) is 5.69 Å². The molecule has 0 aliphatic carbocycles. The lowest BCUT2D eigenvalue weighted by Crippen LogP contribution is -2.22. The van der Waals surface area contributed by atoms with E-state index in [1.54, 1.807) is 0 Å². The molecule has 1 N–H and O–H groups in total. The number of hydrogen-bond acceptors (Lipinski definition) is 3. The molecule has 0 radical (unpaired) electrons. The molecule has 3 nitrogen and oxygen atoms in total. The van der Waals surface area contributed by atoms with Crippen LogP contribution in [-0.2, 0) is 0 Å². The Labute approximate surface area is 104 Å². The molecule has 1 atom stereocenters. The van der Waals surface area contributed by atoms with Crippen molar-refractivity contribution in [3.8, 4) is 5.75 Å². The van der Waals surface area contributed by atoms with E-state index >= 15 is 0 Å². The van der Waals surface area contributed by atoms with Crippen molar-refractivity contribution in [2.75, 3.05) is 31.1 Å². The summed E-state index contributed by atoms with van der Waals surface area (Å²) in [7, 11) is 0. The summed E-state index contributed by atoms with van der Waals surface area (Å²) in [5.41, 5.74) is 1.25. The van der Waals surface area contributed by atoms with Crippen molar-refractivity contribution in [3.05, 3.63) is 24.3 Å². The summed E-state index contributed by atoms with van der Waals surface area (Å²) < 4.78 is 5.97. The van der Waals surface area contributed by atoms with Crippen molar-refractivity contribution >= 4 is 5.69 Å². The third-order valence-corrected chi connectivity index (χ3v) is 3.26. The standard InChI is InChI=1S/C14H22N2O/c1-3-16(4-2)12-6-5-7-13(10-12)17-14-8-9-15-11-14/h5-7,10,14-15H,3-4,8-9,11H2,1-2H3. The summed E-state index contributed by atoms with van der Waals surface area (Å²) in [5, 5.41) is 3.32. The Morgan fingerprint density at radius 3 is 2.82 bits per heavy atom. The van der Waals surface area contributed by atoms with Crippen LogP contribution >= 0.6 is 0 Å². The van der Waals surface area contributed by atoms with E-state index in [-0.39, 0.29) is 0 Å². The summed E-state index contributed by atoms with van der Waals surface area (Å²) >= 11 is 0. The number of hydrogen-bond donors (Lipinski definition) is 1. The molecule has 17 heavy (non-hydrogen) atoms. The molecule has 1 heterocycles. The molecule has 1 aromatic carbocycles. The van der Waals surface area contributed by atoms with Crippen LogP contribution in [0.3, 0.4) is 0 Å². The van der Waals surface area contributed by atoms with Gasteiger partial charge in [-0.2, -0.15) is 0 Å². The van der Waals surface area contributed by atoms with Crippen LogP contribution in [0.1, 0.15) is 20.3 Å². The van der Waals surface area contributed by atoms with E-state index in [0.29, 0.717) is 6.10 Å². The van der Waals surface area contributed by atoms with Gasteiger partial charge in [0.05, 0.1) is 0 Å². The molecule has 0 saturated carbocycles. The van der Waals surface area contributed by atoms with Gasteiger partial charge in [0, 0.05) is 31.4 Å². The molecular formula is C14H22N2O. The first kappa shape index (κ1) is 12.2. The Kier molecular flexibility index (Phi) is 4.26. The zero-order valence-corrected chi connectivity index (χ0v) is 10.8. The second-order valence-electron chi connectivity index (χ2n) is 4.40. The zero-order chi connectivity index (χ0) is 12.1. The molecule has 3 heteroatoms. The van der Waals surface area contributed by atoms with Crippen LogP contribution in [0.4, 0.5) is 5.69 Å². The zero-order valence-electron chi connectivity index (χ0n) is 10.8. The smallest absolute Gasteiger partial charge is 0.121 e. The second-order valence-corrected chi connectivity index (χ2v) is 4.40. The first-order valence-electron chi connectivity index (χ1n) is 6.56. The van der Waals surface area contributed by atoms with E-state index in [4.69, 9.17) is 4.74 Å². The maximum absolute atomic E-state index is 5.97. The van der Waals surface area contributed by atoms with Crippen molar-refractivity contribution in [2.24, 2.45) is 0 Å². The summed E-state index contributed by atoms with van der Waals surface area (Å²) in [6.07, 6.45) is 1.44. The Morgan fingerprint density at radius 2 is 2.18 bits per heavy atom. The Hall–Kier alpha value is -1.22. The first-order valence-corrected chi connectivity index (χ1v) is 6.56. The summed E-state index contributed by atoms with van der Waals surface area (Å²) in [6, 6.07) is 8.41. The number of rotatable bonds is 5. The highest BCUT2D eigenvalue weighted by atomic mass is 16.5. The van der Waals surface area contributed by atoms with Gasteiger partial charge in [-0.25, -0.2) is 0 Å². The highest BCUT2D eigenvalue weighted by Crippen LogP contribution is 2.22. The van der Waals surface area contributed by atoms with Gasteiger partial charge in [0.15, 0.2) is 0 Å². The number of benzene rings is 1. The molecule has 1 aromatic rings. The number of anilines is 1. The highest BCUT2D eigenvalue weighted by Gasteiger charge is 2.16. The van der Waals surface area contributed by atoms with Gasteiger partial charge >= 0.3 is 0 Å². The monoisotopic (exact) mass is 234 g/mol. The van der Waals surface area contributed by atoms with Crippen LogP contribution in [0, 0.1) is 0 Å². The normalized spacial score (nSPS) is 19.3. The van der Waals surface area contributed by atoms with Crippen molar-refractivity contribution in [2.45, 2.75) is 26.4 Å². The van der Waals surface area contributed by atoms with Crippen LogP contribution in [0.2, 0.25) is 0 Å². The molecular weight excluding hydrogens is 212 g/mol. The van der Waals surface area contributed by atoms with Crippen LogP contribution < -0.4 is 15.0 Å². The average Bonchev–Trinajstić information content (AvgIpc) is 2.84. The minimum absolute atomic E-state index is 0.335. The van der Waals surface area contributed by atoms with Crippen molar-refractivity contribution in [1.82, 2.24) is 5.32 Å². The maximum Gasteiger partial charge on any atom is 0.121 e. The van der Waals surface area contributed by atoms with Gasteiger partial charge in [0.2, 0.25) is 0 Å². The second kappa shape index (κ2) is 5.92. The molecule has 0 spiro atoms. The molecule has 0 amide bonds. The van der Waals surface area contributed by atoms with E-state index in [1.807, 2.05) is 6.07 Å². The van der Waals surface area contributed by atoms with Gasteiger partial charge < -0.3 is 15.0 Å². The van der Waals surface area contributed by atoms with E-state index < -0.39 is 0 Å². The molecule has 0 aromatic heterocycles. The SMILES string of the molecule is CCN(CC)c1cccc(OC2CCNC2)c1. The third kappa shape index (κ3) is 3.13. The molecule has 1 aliphatic heterocycles. The van der Waals surface area contributed by atoms with Crippen molar-refractivity contribution in [3.63, 3.8) is 0 Å². The summed E-state index contributed by atoms with van der Waals surface area (Å²) in [4.78, 5) is 2.33. The topological polar surface area (TPSA) is 24.5 Å². The van der Waals surface area contributed by atoms with E-state index in [2.05, 4.69) is 42.3 Å². The minimum Gasteiger partial charge on any atom is -0.489 e. The highest BCUT2D eigenvalue weighted by molar-refractivity contribution is 5.50. The molecule has 94 valence electrons. The predicted molar refractivity (Wildman–Crippen MR) is 71.9 cm³/mol. The fourth-order valence-corrected chi connectivity index (χ4v) is 2.26. The lowest BCUT2D eigenvalue weighted by Gasteiger charge is -2.22. The lowest BCUT2D eigenvalue weighted by atomic mass is 10.2. The number of ether oxygens (including phenoxy) is 1. The lowest BCUT2D eigenvalue weighted by molar-refractivity contribution is 0.223. The van der Waals surface area contributed by atoms with Crippen LogP contribution in [0.15, 0.2) is 24.3 Å². The van der Waals surface area contributed by atoms with Crippen LogP contribution in [0.5, 0.6) is 5.75 Å². The molecule has 1 aliphatic rings. The molecule has 2 rings (SSSR count). The van der Waals surface area contributed by atoms with Gasteiger partial charge in [0.25, 0.3) is 0 Å². The summed E-state index contributed by atoms with van der Waals surface area (Å²) in [6.45, 7) is 8.46. The fourth-order valence-electron chi connectivity index (χ4n) is 2.26. The molecule has 1 fully saturated rings. The first-order chi connectivity index (χ1) is 8.33. The Morgan fingerprint density at radius 1 is 1.35 bits per heavy atom. The van der Waals surface area contributed by atoms with Gasteiger partial charge in [-0.1, -0.05) is 6.07 Å². The number of nitrogens with zero attached hydrogens (tertiary/aromatic N) is 1. The largest absolute Gasteiger partial charge is 0.489 e. The van der Waals surface area contributed by atoms with Crippen molar-refractivity contribution in [1.29, 1.82) is 0 Å². The Balaban J connectivity index is 2.04. The quantitative estimate of drug-likeness (QED) is 0.846. The minimum atomic E-state index is 0.335. The molecule has 1 saturated heterocycles. The fraction of sp³-hybridized carbons (Fsp3) is 0.571.